The van der Waals surface area contributed by atoms with Gasteiger partial charge in [0.1, 0.15) is 0 Å². The fourth-order valence-electron chi connectivity index (χ4n) is 4.09. The smallest absolute Gasteiger partial charge is 0.314 e. The number of hydrogen-bond acceptors (Lipinski definition) is 3. The largest absolute Gasteiger partial charge is 0.481 e. The van der Waals surface area contributed by atoms with Crippen molar-refractivity contribution < 1.29 is 14.7 Å². The van der Waals surface area contributed by atoms with Crippen LogP contribution in [-0.4, -0.2) is 44.8 Å². The fraction of sp³-hybridized carbons (Fsp3) is 0.522. The van der Waals surface area contributed by atoms with Crippen LogP contribution in [0, 0.1) is 0 Å². The molecule has 1 amide bonds. The summed E-state index contributed by atoms with van der Waals surface area (Å²) in [5, 5.41) is 14.6. The highest BCUT2D eigenvalue weighted by atomic mass is 16.4. The third-order valence-electron chi connectivity index (χ3n) is 5.82. The maximum absolute atomic E-state index is 13.1. The summed E-state index contributed by atoms with van der Waals surface area (Å²) in [5.74, 6) is -0.695. The zero-order chi connectivity index (χ0) is 21.4. The molecule has 0 atom stereocenters. The molecule has 1 N–H and O–H groups in total. The first kappa shape index (κ1) is 21.1. The average molecular weight is 398 g/mol. The minimum Gasteiger partial charge on any atom is -0.481 e. The molecule has 2 aromatic rings. The van der Waals surface area contributed by atoms with Crippen molar-refractivity contribution in [2.75, 3.05) is 13.1 Å². The molecule has 0 unspecified atom stereocenters. The van der Waals surface area contributed by atoms with Gasteiger partial charge in [-0.05, 0) is 51.2 Å². The van der Waals surface area contributed by atoms with Gasteiger partial charge in [-0.25, -0.2) is 0 Å². The molecule has 2 heterocycles. The molecule has 1 saturated heterocycles. The standard InChI is InChI=1S/C23H31N3O3/c1-16(2)19-15-18(24-26(19)22(3,4)5)20(27)25-13-11-23(12-14-25,21(28)29)17-9-7-6-8-10-17/h6-10,15-16H,11-14H2,1-5H3,(H,28,29). The number of nitrogens with zero attached hydrogens (tertiary/aromatic N) is 3. The molecular weight excluding hydrogens is 366 g/mol. The number of carboxylic acids is 1. The molecule has 6 heteroatoms. The molecule has 1 aliphatic heterocycles. The minimum atomic E-state index is -0.939. The highest BCUT2D eigenvalue weighted by molar-refractivity contribution is 5.93. The highest BCUT2D eigenvalue weighted by Gasteiger charge is 2.44. The first-order valence-electron chi connectivity index (χ1n) is 10.2. The Hall–Kier alpha value is -2.63. The van der Waals surface area contributed by atoms with Gasteiger partial charge in [-0.1, -0.05) is 44.2 Å². The van der Waals surface area contributed by atoms with Crippen molar-refractivity contribution in [1.29, 1.82) is 0 Å². The lowest BCUT2D eigenvalue weighted by atomic mass is 9.73. The Morgan fingerprint density at radius 3 is 2.14 bits per heavy atom. The molecule has 1 aliphatic rings. The number of carboxylic acid groups (broad SMARTS) is 1. The van der Waals surface area contributed by atoms with Crippen molar-refractivity contribution in [3.05, 3.63) is 53.3 Å². The van der Waals surface area contributed by atoms with Gasteiger partial charge in [-0.2, -0.15) is 5.10 Å². The minimum absolute atomic E-state index is 0.123. The quantitative estimate of drug-likeness (QED) is 0.845. The van der Waals surface area contributed by atoms with Crippen LogP contribution in [0.4, 0.5) is 0 Å². The van der Waals surface area contributed by atoms with E-state index in [9.17, 15) is 14.7 Å². The number of aromatic nitrogens is 2. The second-order valence-corrected chi connectivity index (χ2v) is 9.24. The van der Waals surface area contributed by atoms with Crippen LogP contribution < -0.4 is 0 Å². The van der Waals surface area contributed by atoms with Crippen LogP contribution in [0.5, 0.6) is 0 Å². The van der Waals surface area contributed by atoms with Crippen molar-refractivity contribution in [2.24, 2.45) is 0 Å². The topological polar surface area (TPSA) is 75.4 Å². The van der Waals surface area contributed by atoms with Crippen molar-refractivity contribution in [3.63, 3.8) is 0 Å². The molecule has 1 aromatic heterocycles. The van der Waals surface area contributed by atoms with E-state index in [4.69, 9.17) is 0 Å². The molecule has 0 spiro atoms. The summed E-state index contributed by atoms with van der Waals surface area (Å²) in [6.07, 6.45) is 0.796. The zero-order valence-corrected chi connectivity index (χ0v) is 18.0. The summed E-state index contributed by atoms with van der Waals surface area (Å²) in [7, 11) is 0. The molecule has 1 aromatic carbocycles. The van der Waals surface area contributed by atoms with Gasteiger partial charge in [0.25, 0.3) is 5.91 Å². The van der Waals surface area contributed by atoms with Crippen molar-refractivity contribution >= 4 is 11.9 Å². The van der Waals surface area contributed by atoms with Crippen LogP contribution in [0.15, 0.2) is 36.4 Å². The van der Waals surface area contributed by atoms with Gasteiger partial charge in [-0.15, -0.1) is 0 Å². The van der Waals surface area contributed by atoms with Gasteiger partial charge < -0.3 is 10.0 Å². The van der Waals surface area contributed by atoms with E-state index in [0.717, 1.165) is 11.3 Å². The van der Waals surface area contributed by atoms with E-state index in [0.29, 0.717) is 31.6 Å². The number of aliphatic carboxylic acids is 1. The maximum atomic E-state index is 13.1. The number of likely N-dealkylation sites (tertiary alicyclic amines) is 1. The van der Waals surface area contributed by atoms with Gasteiger partial charge in [0.05, 0.1) is 11.0 Å². The third kappa shape index (κ3) is 3.93. The Labute approximate surface area is 172 Å². The lowest BCUT2D eigenvalue weighted by molar-refractivity contribution is -0.145. The van der Waals surface area contributed by atoms with Crippen LogP contribution >= 0.6 is 0 Å². The molecule has 0 bridgehead atoms. The Kier molecular flexibility index (Phi) is 5.57. The number of rotatable bonds is 4. The van der Waals surface area contributed by atoms with Gasteiger partial charge in [0, 0.05) is 18.8 Å². The van der Waals surface area contributed by atoms with Crippen LogP contribution in [0.1, 0.15) is 75.1 Å². The molecule has 0 aliphatic carbocycles. The first-order valence-corrected chi connectivity index (χ1v) is 10.2. The molecule has 1 fully saturated rings. The summed E-state index contributed by atoms with van der Waals surface area (Å²) < 4.78 is 1.93. The number of benzene rings is 1. The third-order valence-corrected chi connectivity index (χ3v) is 5.82. The van der Waals surface area contributed by atoms with Gasteiger partial charge in [0.2, 0.25) is 0 Å². The predicted molar refractivity (Wildman–Crippen MR) is 112 cm³/mol. The van der Waals surface area contributed by atoms with Crippen molar-refractivity contribution in [2.45, 2.75) is 64.3 Å². The Morgan fingerprint density at radius 2 is 1.69 bits per heavy atom. The Morgan fingerprint density at radius 1 is 1.10 bits per heavy atom. The molecular formula is C23H31N3O3. The predicted octanol–water partition coefficient (Wildman–Crippen LogP) is 4.02. The maximum Gasteiger partial charge on any atom is 0.314 e. The second kappa shape index (κ2) is 7.65. The summed E-state index contributed by atoms with van der Waals surface area (Å²) in [5.41, 5.74) is 1.12. The number of amides is 1. The highest BCUT2D eigenvalue weighted by Crippen LogP contribution is 2.36. The monoisotopic (exact) mass is 397 g/mol. The molecule has 156 valence electrons. The summed E-state index contributed by atoms with van der Waals surface area (Å²) in [6.45, 7) is 11.2. The Bertz CT molecular complexity index is 886. The van der Waals surface area contributed by atoms with Crippen LogP contribution in [0.25, 0.3) is 0 Å². The summed E-state index contributed by atoms with van der Waals surface area (Å²) in [6, 6.07) is 11.2. The van der Waals surface area contributed by atoms with E-state index < -0.39 is 11.4 Å². The Balaban J connectivity index is 1.83. The lowest BCUT2D eigenvalue weighted by Gasteiger charge is -2.39. The van der Waals surface area contributed by atoms with Gasteiger partial charge in [0.15, 0.2) is 5.69 Å². The zero-order valence-electron chi connectivity index (χ0n) is 18.0. The number of carbonyl (C=O) groups is 2. The van der Waals surface area contributed by atoms with E-state index in [1.54, 1.807) is 4.90 Å². The first-order chi connectivity index (χ1) is 13.6. The molecule has 0 saturated carbocycles. The van der Waals surface area contributed by atoms with E-state index in [2.05, 4.69) is 39.7 Å². The fourth-order valence-corrected chi connectivity index (χ4v) is 4.09. The van der Waals surface area contributed by atoms with Gasteiger partial charge >= 0.3 is 5.97 Å². The summed E-state index contributed by atoms with van der Waals surface area (Å²) >= 11 is 0. The van der Waals surface area contributed by atoms with Crippen LogP contribution in [-0.2, 0) is 15.7 Å². The lowest BCUT2D eigenvalue weighted by Crippen LogP contribution is -2.49. The van der Waals surface area contributed by atoms with E-state index >= 15 is 0 Å². The summed E-state index contributed by atoms with van der Waals surface area (Å²) in [4.78, 5) is 27.0. The molecule has 0 radical (unpaired) electrons. The number of hydrogen-bond donors (Lipinski definition) is 1. The van der Waals surface area contributed by atoms with Gasteiger partial charge in [-0.3, -0.25) is 14.3 Å². The van der Waals surface area contributed by atoms with Crippen molar-refractivity contribution in [3.8, 4) is 0 Å². The van der Waals surface area contributed by atoms with E-state index in [-0.39, 0.29) is 17.4 Å². The number of carbonyl (C=O) groups excluding carboxylic acids is 1. The molecule has 3 rings (SSSR count). The van der Waals surface area contributed by atoms with Crippen molar-refractivity contribution in [1.82, 2.24) is 14.7 Å². The molecule has 6 nitrogen and oxygen atoms in total. The van der Waals surface area contributed by atoms with E-state index in [1.807, 2.05) is 41.1 Å². The average Bonchev–Trinajstić information content (AvgIpc) is 3.14. The normalized spacial score (nSPS) is 16.8. The molecule has 29 heavy (non-hydrogen) atoms. The number of piperidine rings is 1. The van der Waals surface area contributed by atoms with Crippen LogP contribution in [0.3, 0.4) is 0 Å². The second-order valence-electron chi connectivity index (χ2n) is 9.24. The SMILES string of the molecule is CC(C)c1cc(C(=O)N2CCC(C(=O)O)(c3ccccc3)CC2)nn1C(C)(C)C. The van der Waals surface area contributed by atoms with Crippen LogP contribution in [0.2, 0.25) is 0 Å². The van der Waals surface area contributed by atoms with E-state index in [1.165, 1.54) is 0 Å².